The van der Waals surface area contributed by atoms with Gasteiger partial charge in [-0.3, -0.25) is 4.90 Å². The van der Waals surface area contributed by atoms with Crippen molar-refractivity contribution < 1.29 is 0 Å². The van der Waals surface area contributed by atoms with Gasteiger partial charge in [-0.1, -0.05) is 26.2 Å². The minimum atomic E-state index is 0.690. The highest BCUT2D eigenvalue weighted by molar-refractivity contribution is 7.15. The maximum absolute atomic E-state index is 5.66. The molecule has 1 heterocycles. The van der Waals surface area contributed by atoms with Gasteiger partial charge < -0.3 is 5.73 Å². The van der Waals surface area contributed by atoms with Crippen LogP contribution in [0.1, 0.15) is 43.9 Å². The van der Waals surface area contributed by atoms with Gasteiger partial charge in [-0.05, 0) is 19.4 Å². The molecule has 1 aromatic heterocycles. The van der Waals surface area contributed by atoms with Gasteiger partial charge >= 0.3 is 0 Å². The predicted molar refractivity (Wildman–Crippen MR) is 69.5 cm³/mol. The molecule has 0 spiro atoms. The van der Waals surface area contributed by atoms with Crippen LogP contribution in [-0.2, 0) is 6.54 Å². The molecule has 0 aromatic carbocycles. The topological polar surface area (TPSA) is 42.2 Å². The van der Waals surface area contributed by atoms with E-state index in [-0.39, 0.29) is 0 Å². The Morgan fingerprint density at radius 3 is 2.75 bits per heavy atom. The first-order chi connectivity index (χ1) is 7.79. The number of aromatic nitrogens is 1. The van der Waals surface area contributed by atoms with Gasteiger partial charge in [0.15, 0.2) is 5.13 Å². The first-order valence-corrected chi connectivity index (χ1v) is 7.05. The summed E-state index contributed by atoms with van der Waals surface area (Å²) in [5.74, 6) is 0. The van der Waals surface area contributed by atoms with Crippen LogP contribution < -0.4 is 5.73 Å². The number of nitrogen functional groups attached to an aromatic ring is 1. The van der Waals surface area contributed by atoms with Crippen molar-refractivity contribution in [3.63, 3.8) is 0 Å². The third-order valence-electron chi connectivity index (χ3n) is 3.43. The molecule has 1 aliphatic carbocycles. The normalized spacial score (nSPS) is 18.1. The molecule has 16 heavy (non-hydrogen) atoms. The molecule has 0 unspecified atom stereocenters. The number of anilines is 1. The Balaban J connectivity index is 1.94. The largest absolute Gasteiger partial charge is 0.375 e. The van der Waals surface area contributed by atoms with Gasteiger partial charge in [0.2, 0.25) is 0 Å². The van der Waals surface area contributed by atoms with E-state index >= 15 is 0 Å². The second kappa shape index (κ2) is 5.64. The number of nitrogens with zero attached hydrogens (tertiary/aromatic N) is 2. The monoisotopic (exact) mass is 239 g/mol. The Morgan fingerprint density at radius 2 is 2.19 bits per heavy atom. The van der Waals surface area contributed by atoms with Crippen molar-refractivity contribution in [3.05, 3.63) is 11.1 Å². The molecule has 2 N–H and O–H groups in total. The molecular weight excluding hydrogens is 218 g/mol. The van der Waals surface area contributed by atoms with Crippen molar-refractivity contribution in [2.45, 2.75) is 51.6 Å². The van der Waals surface area contributed by atoms with Crippen LogP contribution in [0.3, 0.4) is 0 Å². The Kier molecular flexibility index (Phi) is 4.18. The van der Waals surface area contributed by atoms with Gasteiger partial charge in [0.1, 0.15) is 0 Å². The highest BCUT2D eigenvalue weighted by Gasteiger charge is 2.20. The fraction of sp³-hybridized carbons (Fsp3) is 0.750. The molecule has 90 valence electrons. The summed E-state index contributed by atoms with van der Waals surface area (Å²) in [6, 6.07) is 0.780. The molecule has 0 bridgehead atoms. The zero-order chi connectivity index (χ0) is 11.4. The van der Waals surface area contributed by atoms with Crippen LogP contribution in [0.2, 0.25) is 0 Å². The molecular formula is C12H21N3S. The average molecular weight is 239 g/mol. The van der Waals surface area contributed by atoms with Crippen LogP contribution >= 0.6 is 11.3 Å². The van der Waals surface area contributed by atoms with Crippen LogP contribution in [0.25, 0.3) is 0 Å². The molecule has 2 rings (SSSR count). The second-order valence-electron chi connectivity index (χ2n) is 4.52. The SMILES string of the molecule is CCN(Cc1cnc(N)s1)C1CCCCC1. The molecule has 4 heteroatoms. The average Bonchev–Trinajstić information content (AvgIpc) is 2.73. The molecule has 0 aliphatic heterocycles. The number of hydrogen-bond donors (Lipinski definition) is 1. The van der Waals surface area contributed by atoms with Gasteiger partial charge in [-0.2, -0.15) is 0 Å². The Morgan fingerprint density at radius 1 is 1.44 bits per heavy atom. The van der Waals surface area contributed by atoms with E-state index in [1.165, 1.54) is 37.0 Å². The molecule has 0 radical (unpaired) electrons. The summed E-state index contributed by atoms with van der Waals surface area (Å²) in [6.07, 6.45) is 8.86. The number of rotatable bonds is 4. The summed E-state index contributed by atoms with van der Waals surface area (Å²) >= 11 is 1.62. The fourth-order valence-corrected chi connectivity index (χ4v) is 3.25. The van der Waals surface area contributed by atoms with Gasteiger partial charge in [-0.15, -0.1) is 11.3 Å². The molecule has 3 nitrogen and oxygen atoms in total. The van der Waals surface area contributed by atoms with E-state index in [1.54, 1.807) is 11.3 Å². The molecule has 0 saturated heterocycles. The molecule has 1 aliphatic rings. The number of nitrogens with two attached hydrogens (primary N) is 1. The zero-order valence-electron chi connectivity index (χ0n) is 9.98. The van der Waals surface area contributed by atoms with Crippen molar-refractivity contribution in [3.8, 4) is 0 Å². The summed E-state index contributed by atoms with van der Waals surface area (Å²) in [4.78, 5) is 7.99. The first kappa shape index (κ1) is 11.9. The van der Waals surface area contributed by atoms with Gasteiger partial charge in [0.05, 0.1) is 0 Å². The van der Waals surface area contributed by atoms with Crippen molar-refractivity contribution >= 4 is 16.5 Å². The van der Waals surface area contributed by atoms with E-state index in [4.69, 9.17) is 5.73 Å². The second-order valence-corrected chi connectivity index (χ2v) is 5.67. The summed E-state index contributed by atoms with van der Waals surface area (Å²) in [5, 5.41) is 0.690. The van der Waals surface area contributed by atoms with Gasteiger partial charge in [-0.25, -0.2) is 4.98 Å². The predicted octanol–water partition coefficient (Wildman–Crippen LogP) is 2.88. The lowest BCUT2D eigenvalue weighted by Gasteiger charge is -2.33. The third-order valence-corrected chi connectivity index (χ3v) is 4.24. The van der Waals surface area contributed by atoms with Crippen LogP contribution in [0.15, 0.2) is 6.20 Å². The van der Waals surface area contributed by atoms with Gasteiger partial charge in [0.25, 0.3) is 0 Å². The third kappa shape index (κ3) is 2.95. The zero-order valence-corrected chi connectivity index (χ0v) is 10.8. The summed E-state index contributed by atoms with van der Waals surface area (Å²) < 4.78 is 0. The lowest BCUT2D eigenvalue weighted by molar-refractivity contribution is 0.157. The Labute approximate surface area is 102 Å². The Hall–Kier alpha value is -0.610. The summed E-state index contributed by atoms with van der Waals surface area (Å²) in [7, 11) is 0. The van der Waals surface area contributed by atoms with Gasteiger partial charge in [0, 0.05) is 23.7 Å². The standard InChI is InChI=1S/C12H21N3S/c1-2-15(10-6-4-3-5-7-10)9-11-8-14-12(13)16-11/h8,10H,2-7,9H2,1H3,(H2,13,14). The van der Waals surface area contributed by atoms with Crippen LogP contribution in [0.5, 0.6) is 0 Å². The number of hydrogen-bond acceptors (Lipinski definition) is 4. The van der Waals surface area contributed by atoms with E-state index < -0.39 is 0 Å². The first-order valence-electron chi connectivity index (χ1n) is 6.24. The highest BCUT2D eigenvalue weighted by Crippen LogP contribution is 2.25. The van der Waals surface area contributed by atoms with Crippen molar-refractivity contribution in [2.75, 3.05) is 12.3 Å². The van der Waals surface area contributed by atoms with Crippen LogP contribution in [0.4, 0.5) is 5.13 Å². The maximum atomic E-state index is 5.66. The minimum absolute atomic E-state index is 0.690. The van der Waals surface area contributed by atoms with Crippen LogP contribution in [0, 0.1) is 0 Å². The van der Waals surface area contributed by atoms with E-state index in [1.807, 2.05) is 6.20 Å². The van der Waals surface area contributed by atoms with Crippen LogP contribution in [-0.4, -0.2) is 22.5 Å². The van der Waals surface area contributed by atoms with Crippen molar-refractivity contribution in [1.82, 2.24) is 9.88 Å². The molecule has 0 amide bonds. The van der Waals surface area contributed by atoms with Crippen molar-refractivity contribution in [2.24, 2.45) is 0 Å². The quantitative estimate of drug-likeness (QED) is 0.878. The lowest BCUT2D eigenvalue weighted by atomic mass is 9.94. The maximum Gasteiger partial charge on any atom is 0.180 e. The molecule has 1 fully saturated rings. The van der Waals surface area contributed by atoms with E-state index in [2.05, 4.69) is 16.8 Å². The summed E-state index contributed by atoms with van der Waals surface area (Å²) in [5.41, 5.74) is 5.66. The summed E-state index contributed by atoms with van der Waals surface area (Å²) in [6.45, 7) is 4.40. The van der Waals surface area contributed by atoms with E-state index in [0.717, 1.165) is 19.1 Å². The Bertz CT molecular complexity index is 318. The highest BCUT2D eigenvalue weighted by atomic mass is 32.1. The lowest BCUT2D eigenvalue weighted by Crippen LogP contribution is -2.35. The smallest absolute Gasteiger partial charge is 0.180 e. The molecule has 1 aromatic rings. The minimum Gasteiger partial charge on any atom is -0.375 e. The molecule has 0 atom stereocenters. The van der Waals surface area contributed by atoms with Crippen molar-refractivity contribution in [1.29, 1.82) is 0 Å². The van der Waals surface area contributed by atoms with E-state index in [0.29, 0.717) is 5.13 Å². The number of thiazole rings is 1. The van der Waals surface area contributed by atoms with E-state index in [9.17, 15) is 0 Å². The molecule has 1 saturated carbocycles. The fourth-order valence-electron chi connectivity index (χ4n) is 2.54.